The second-order valence-electron chi connectivity index (χ2n) is 8.55. The molecule has 2 atom stereocenters. The number of H-pyrrole nitrogens is 1. The zero-order valence-corrected chi connectivity index (χ0v) is 20.1. The molecule has 0 saturated carbocycles. The lowest BCUT2D eigenvalue weighted by molar-refractivity contribution is -0.153. The van der Waals surface area contributed by atoms with Crippen LogP contribution in [0.15, 0.2) is 30.3 Å². The van der Waals surface area contributed by atoms with Crippen molar-refractivity contribution in [2.75, 3.05) is 6.54 Å². The molecule has 0 radical (unpaired) electrons. The van der Waals surface area contributed by atoms with Crippen LogP contribution in [0.3, 0.4) is 0 Å². The van der Waals surface area contributed by atoms with E-state index in [1.165, 1.54) is 11.3 Å². The first kappa shape index (κ1) is 22.9. The lowest BCUT2D eigenvalue weighted by Crippen LogP contribution is -2.45. The van der Waals surface area contributed by atoms with Gasteiger partial charge in [-0.3, -0.25) is 10.1 Å². The molecule has 1 amide bonds. The first-order valence-corrected chi connectivity index (χ1v) is 11.7. The molecule has 1 aromatic carbocycles. The number of carbonyl (C=O) groups excluding carboxylic acids is 2. The minimum Gasteiger partial charge on any atom is -0.459 e. The number of aromatic nitrogens is 1. The van der Waals surface area contributed by atoms with Gasteiger partial charge in [0.25, 0.3) is 0 Å². The smallest absolute Gasteiger partial charge is 0.414 e. The fourth-order valence-electron chi connectivity index (χ4n) is 3.78. The highest BCUT2D eigenvalue weighted by molar-refractivity contribution is 7.23. The second kappa shape index (κ2) is 8.94. The number of hydrogen-bond donors (Lipinski definition) is 3. The molecule has 0 spiro atoms. The summed E-state index contributed by atoms with van der Waals surface area (Å²) in [5.74, 6) is -0.0821. The predicted molar refractivity (Wildman–Crippen MR) is 126 cm³/mol. The average molecular weight is 496 g/mol. The van der Waals surface area contributed by atoms with Gasteiger partial charge in [0.15, 0.2) is 0 Å². The summed E-state index contributed by atoms with van der Waals surface area (Å²) in [6.07, 6.45) is 0.00130. The highest BCUT2D eigenvalue weighted by Crippen LogP contribution is 2.40. The van der Waals surface area contributed by atoms with Crippen molar-refractivity contribution >= 4 is 56.8 Å². The van der Waals surface area contributed by atoms with Crippen molar-refractivity contribution in [1.82, 2.24) is 15.6 Å². The van der Waals surface area contributed by atoms with Gasteiger partial charge < -0.3 is 19.8 Å². The van der Waals surface area contributed by atoms with Gasteiger partial charge in [0, 0.05) is 6.07 Å². The van der Waals surface area contributed by atoms with Crippen LogP contribution >= 0.6 is 34.5 Å². The van der Waals surface area contributed by atoms with Crippen molar-refractivity contribution in [1.29, 1.82) is 0 Å². The first-order valence-electron chi connectivity index (χ1n) is 10.1. The van der Waals surface area contributed by atoms with Crippen LogP contribution in [-0.2, 0) is 16.0 Å². The molecule has 3 N–H and O–H groups in total. The topological polar surface area (TPSA) is 92.5 Å². The number of hydrogen-bond acceptors (Lipinski definition) is 6. The number of esters is 1. The van der Waals surface area contributed by atoms with E-state index in [0.29, 0.717) is 21.3 Å². The molecular formula is C22H23Cl2N3O4S. The van der Waals surface area contributed by atoms with E-state index in [0.717, 1.165) is 15.8 Å². The Balaban J connectivity index is 1.43. The highest BCUT2D eigenvalue weighted by Gasteiger charge is 2.34. The summed E-state index contributed by atoms with van der Waals surface area (Å²) in [6.45, 7) is 5.49. The van der Waals surface area contributed by atoms with Gasteiger partial charge in [0.2, 0.25) is 5.88 Å². The first-order chi connectivity index (χ1) is 15.1. The van der Waals surface area contributed by atoms with Crippen LogP contribution in [0, 0.1) is 0 Å². The molecule has 0 saturated heterocycles. The van der Waals surface area contributed by atoms with Crippen molar-refractivity contribution in [2.45, 2.75) is 44.9 Å². The third kappa shape index (κ3) is 5.04. The quantitative estimate of drug-likeness (QED) is 0.421. The van der Waals surface area contributed by atoms with Crippen molar-refractivity contribution in [3.8, 4) is 5.88 Å². The van der Waals surface area contributed by atoms with Crippen LogP contribution in [0.5, 0.6) is 5.88 Å². The zero-order chi connectivity index (χ0) is 23.0. The molecule has 0 unspecified atom stereocenters. The third-order valence-electron chi connectivity index (χ3n) is 4.97. The van der Waals surface area contributed by atoms with Crippen molar-refractivity contribution in [3.05, 3.63) is 50.8 Å². The van der Waals surface area contributed by atoms with Gasteiger partial charge in [0.1, 0.15) is 9.94 Å². The minimum absolute atomic E-state index is 0.0235. The molecule has 2 aromatic heterocycles. The Labute approximate surface area is 199 Å². The fourth-order valence-corrected chi connectivity index (χ4v) is 5.25. The molecule has 0 fully saturated rings. The number of thiophene rings is 1. The maximum atomic E-state index is 12.6. The Morgan fingerprint density at radius 1 is 1.25 bits per heavy atom. The van der Waals surface area contributed by atoms with Gasteiger partial charge >= 0.3 is 12.1 Å². The Morgan fingerprint density at radius 2 is 2.00 bits per heavy atom. The van der Waals surface area contributed by atoms with Gasteiger partial charge in [-0.05, 0) is 38.3 Å². The summed E-state index contributed by atoms with van der Waals surface area (Å²) in [6, 6.07) is 9.00. The molecule has 4 rings (SSSR count). The number of halogens is 2. The summed E-state index contributed by atoms with van der Waals surface area (Å²) in [5.41, 5.74) is 2.20. The molecule has 1 aliphatic carbocycles. The van der Waals surface area contributed by atoms with Crippen LogP contribution in [0.25, 0.3) is 10.2 Å². The van der Waals surface area contributed by atoms with E-state index >= 15 is 0 Å². The number of carbonyl (C=O) groups is 2. The maximum absolute atomic E-state index is 12.6. The lowest BCUT2D eigenvalue weighted by Gasteiger charge is -2.24. The predicted octanol–water partition coefficient (Wildman–Crippen LogP) is 5.22. The molecule has 10 heteroatoms. The Bertz CT molecular complexity index is 1170. The van der Waals surface area contributed by atoms with Crippen molar-refractivity contribution < 1.29 is 19.1 Å². The van der Waals surface area contributed by atoms with E-state index in [1.54, 1.807) is 6.07 Å². The summed E-state index contributed by atoms with van der Waals surface area (Å²) < 4.78 is 12.1. The van der Waals surface area contributed by atoms with E-state index in [1.807, 2.05) is 45.0 Å². The number of nitrogens with one attached hydrogen (secondary N) is 3. The standard InChI is InChI=1S/C22H23Cl2N3O4S/c1-22(2,3)31-16(28)10-25-18-12-7-5-4-6-11(12)8-13(18)26-21(29)30-15-9-14-19(27-15)17(23)20(24)32-14/h4-7,9,13,18,25,27H,8,10H2,1-3H3,(H,26,29)/t13-,18-/m1/s1. The molecule has 0 aliphatic heterocycles. The number of fused-ring (bicyclic) bond motifs is 2. The van der Waals surface area contributed by atoms with E-state index < -0.39 is 11.7 Å². The molecule has 7 nitrogen and oxygen atoms in total. The van der Waals surface area contributed by atoms with Gasteiger partial charge in [-0.1, -0.05) is 47.5 Å². The molecule has 170 valence electrons. The molecule has 3 aromatic rings. The Morgan fingerprint density at radius 3 is 2.72 bits per heavy atom. The number of amides is 1. The molecule has 32 heavy (non-hydrogen) atoms. The number of rotatable bonds is 5. The summed E-state index contributed by atoms with van der Waals surface area (Å²) >= 11 is 13.5. The summed E-state index contributed by atoms with van der Waals surface area (Å²) in [5, 5.41) is 6.54. The molecular weight excluding hydrogens is 473 g/mol. The van der Waals surface area contributed by atoms with Crippen LogP contribution in [0.4, 0.5) is 4.79 Å². The highest BCUT2D eigenvalue weighted by atomic mass is 35.5. The van der Waals surface area contributed by atoms with Crippen molar-refractivity contribution in [2.24, 2.45) is 0 Å². The third-order valence-corrected chi connectivity index (χ3v) is 6.91. The monoisotopic (exact) mass is 495 g/mol. The average Bonchev–Trinajstić information content (AvgIpc) is 3.31. The molecule has 2 heterocycles. The SMILES string of the molecule is CC(C)(C)OC(=O)CN[C@@H]1c2ccccc2C[C@H]1NC(=O)Oc1cc2sc(Cl)c(Cl)c2[nH]1. The largest absolute Gasteiger partial charge is 0.459 e. The molecule has 0 bridgehead atoms. The van der Waals surface area contributed by atoms with Gasteiger partial charge in [0.05, 0.1) is 33.9 Å². The van der Waals surface area contributed by atoms with Crippen LogP contribution in [0.2, 0.25) is 9.36 Å². The van der Waals surface area contributed by atoms with E-state index in [4.69, 9.17) is 32.7 Å². The fraction of sp³-hybridized carbons (Fsp3) is 0.364. The second-order valence-corrected chi connectivity index (χ2v) is 10.6. The molecule has 1 aliphatic rings. The zero-order valence-electron chi connectivity index (χ0n) is 17.8. The lowest BCUT2D eigenvalue weighted by atomic mass is 10.1. The summed E-state index contributed by atoms with van der Waals surface area (Å²) in [7, 11) is 0. The van der Waals surface area contributed by atoms with Crippen LogP contribution in [0.1, 0.15) is 37.9 Å². The Kier molecular flexibility index (Phi) is 6.40. The van der Waals surface area contributed by atoms with Gasteiger partial charge in [-0.2, -0.15) is 0 Å². The van der Waals surface area contributed by atoms with Crippen LogP contribution < -0.4 is 15.4 Å². The van der Waals surface area contributed by atoms with Crippen LogP contribution in [-0.4, -0.2) is 35.2 Å². The van der Waals surface area contributed by atoms with Crippen molar-refractivity contribution in [3.63, 3.8) is 0 Å². The summed E-state index contributed by atoms with van der Waals surface area (Å²) in [4.78, 5) is 27.8. The minimum atomic E-state index is -0.608. The Hall–Kier alpha value is -2.26. The van der Waals surface area contributed by atoms with E-state index in [9.17, 15) is 9.59 Å². The number of benzene rings is 1. The maximum Gasteiger partial charge on any atom is 0.414 e. The van der Waals surface area contributed by atoms with Gasteiger partial charge in [-0.15, -0.1) is 11.3 Å². The van der Waals surface area contributed by atoms with E-state index in [2.05, 4.69) is 15.6 Å². The number of aromatic amines is 1. The van der Waals surface area contributed by atoms with E-state index in [-0.39, 0.29) is 30.5 Å². The number of ether oxygens (including phenoxy) is 2. The van der Waals surface area contributed by atoms with Gasteiger partial charge in [-0.25, -0.2) is 4.79 Å². The normalized spacial score (nSPS) is 17.9.